The number of benzene rings is 3. The summed E-state index contributed by atoms with van der Waals surface area (Å²) in [6.45, 7) is 4.08. The molecule has 0 saturated heterocycles. The third kappa shape index (κ3) is 4.86. The number of hydrogen-bond donors (Lipinski definition) is 1. The van der Waals surface area contributed by atoms with E-state index in [1.54, 1.807) is 7.11 Å². The van der Waals surface area contributed by atoms with Crippen LogP contribution >= 0.6 is 11.8 Å². The van der Waals surface area contributed by atoms with Gasteiger partial charge >= 0.3 is 0 Å². The third-order valence-corrected chi connectivity index (χ3v) is 6.96. The summed E-state index contributed by atoms with van der Waals surface area (Å²) in [4.78, 5) is 22.3. The molecule has 0 unspecified atom stereocenters. The van der Waals surface area contributed by atoms with Crippen molar-refractivity contribution in [3.05, 3.63) is 89.0 Å². The summed E-state index contributed by atoms with van der Waals surface area (Å²) in [5.74, 6) is 2.51. The number of anilines is 1. The first-order chi connectivity index (χ1) is 17.0. The van der Waals surface area contributed by atoms with Crippen LogP contribution in [0.25, 0.3) is 11.4 Å². The van der Waals surface area contributed by atoms with Crippen molar-refractivity contribution in [1.82, 2.24) is 9.97 Å². The predicted molar refractivity (Wildman–Crippen MR) is 139 cm³/mol. The summed E-state index contributed by atoms with van der Waals surface area (Å²) in [6, 6.07) is 21.5. The van der Waals surface area contributed by atoms with Crippen LogP contribution in [0.15, 0.2) is 71.8 Å². The highest BCUT2D eigenvalue weighted by Gasteiger charge is 2.26. The Labute approximate surface area is 208 Å². The second-order valence-corrected chi connectivity index (χ2v) is 9.33. The molecule has 4 aromatic rings. The summed E-state index contributed by atoms with van der Waals surface area (Å²) >= 11 is 1.39. The Kier molecular flexibility index (Phi) is 6.42. The Hall–Kier alpha value is -3.84. The molecule has 0 spiro atoms. The Morgan fingerprint density at radius 1 is 1.03 bits per heavy atom. The molecule has 0 bridgehead atoms. The van der Waals surface area contributed by atoms with Gasteiger partial charge in [-0.15, -0.1) is 0 Å². The van der Waals surface area contributed by atoms with Crippen molar-refractivity contribution in [1.29, 1.82) is 0 Å². The maximum absolute atomic E-state index is 12.8. The average Bonchev–Trinajstić information content (AvgIpc) is 2.88. The molecule has 1 aliphatic rings. The Morgan fingerprint density at radius 3 is 2.63 bits per heavy atom. The van der Waals surface area contributed by atoms with Crippen molar-refractivity contribution in [2.45, 2.75) is 25.3 Å². The minimum Gasteiger partial charge on any atom is -0.493 e. The molecular weight excluding hydrogens is 458 g/mol. The summed E-state index contributed by atoms with van der Waals surface area (Å²) in [7, 11) is 1.62. The van der Waals surface area contributed by atoms with E-state index in [0.717, 1.165) is 33.0 Å². The van der Waals surface area contributed by atoms with E-state index >= 15 is 0 Å². The highest BCUT2D eigenvalue weighted by molar-refractivity contribution is 8.00. The Bertz CT molecular complexity index is 1410. The van der Waals surface area contributed by atoms with E-state index < -0.39 is 0 Å². The van der Waals surface area contributed by atoms with Crippen LogP contribution in [0, 0.1) is 13.8 Å². The van der Waals surface area contributed by atoms with Gasteiger partial charge in [0.25, 0.3) is 0 Å². The summed E-state index contributed by atoms with van der Waals surface area (Å²) in [5.41, 5.74) is 5.86. The number of nitrogens with one attached hydrogen (secondary N) is 1. The van der Waals surface area contributed by atoms with Crippen molar-refractivity contribution in [2.75, 3.05) is 18.2 Å². The number of ether oxygens (including phenoxy) is 2. The molecule has 1 aromatic heterocycles. The normalized spacial score (nSPS) is 11.7. The summed E-state index contributed by atoms with van der Waals surface area (Å²) < 4.78 is 11.7. The first kappa shape index (κ1) is 22.9. The number of para-hydroxylation sites is 1. The van der Waals surface area contributed by atoms with E-state index in [4.69, 9.17) is 19.4 Å². The fraction of sp³-hybridized carbons (Fsp3) is 0.179. The summed E-state index contributed by atoms with van der Waals surface area (Å²) in [5, 5.41) is 3.72. The molecule has 1 amide bonds. The van der Waals surface area contributed by atoms with Gasteiger partial charge in [-0.1, -0.05) is 60.3 Å². The molecular formula is C28H25N3O3S. The first-order valence-corrected chi connectivity index (χ1v) is 12.3. The van der Waals surface area contributed by atoms with Gasteiger partial charge in [0.2, 0.25) is 11.8 Å². The number of aromatic nitrogens is 2. The number of methoxy groups -OCH3 is 1. The number of thioether (sulfide) groups is 1. The van der Waals surface area contributed by atoms with Gasteiger partial charge in [-0.05, 0) is 43.2 Å². The highest BCUT2D eigenvalue weighted by atomic mass is 32.2. The number of carbonyl (C=O) groups is 1. The monoisotopic (exact) mass is 483 g/mol. The zero-order chi connectivity index (χ0) is 24.4. The fourth-order valence-corrected chi connectivity index (χ4v) is 4.75. The molecule has 6 nitrogen and oxygen atoms in total. The van der Waals surface area contributed by atoms with E-state index in [1.807, 2.05) is 73.7 Å². The van der Waals surface area contributed by atoms with Gasteiger partial charge in [-0.3, -0.25) is 4.79 Å². The molecule has 3 aromatic carbocycles. The van der Waals surface area contributed by atoms with Crippen LogP contribution in [-0.4, -0.2) is 28.7 Å². The van der Waals surface area contributed by atoms with Crippen LogP contribution in [0.5, 0.6) is 17.4 Å². The number of amides is 1. The maximum Gasteiger partial charge on any atom is 0.234 e. The molecule has 0 saturated carbocycles. The van der Waals surface area contributed by atoms with Gasteiger partial charge in [0.1, 0.15) is 5.03 Å². The number of hydrogen-bond acceptors (Lipinski definition) is 6. The van der Waals surface area contributed by atoms with Crippen molar-refractivity contribution < 1.29 is 14.3 Å². The van der Waals surface area contributed by atoms with Crippen LogP contribution in [0.1, 0.15) is 22.3 Å². The van der Waals surface area contributed by atoms with Crippen LogP contribution in [0.2, 0.25) is 0 Å². The number of nitrogens with zero attached hydrogens (tertiary/aromatic N) is 2. The van der Waals surface area contributed by atoms with Crippen molar-refractivity contribution in [3.63, 3.8) is 0 Å². The van der Waals surface area contributed by atoms with Gasteiger partial charge in [-0.25, -0.2) is 4.98 Å². The van der Waals surface area contributed by atoms with Crippen LogP contribution in [-0.2, 0) is 11.2 Å². The molecule has 2 heterocycles. The third-order valence-electron chi connectivity index (χ3n) is 5.94. The largest absolute Gasteiger partial charge is 0.493 e. The second-order valence-electron chi connectivity index (χ2n) is 8.37. The molecule has 0 atom stereocenters. The van der Waals surface area contributed by atoms with Crippen LogP contribution in [0.4, 0.5) is 5.69 Å². The number of rotatable bonds is 6. The number of carbonyl (C=O) groups excluding carboxylic acids is 1. The van der Waals surface area contributed by atoms with E-state index in [-0.39, 0.29) is 11.7 Å². The van der Waals surface area contributed by atoms with Crippen LogP contribution in [0.3, 0.4) is 0 Å². The Morgan fingerprint density at radius 2 is 1.86 bits per heavy atom. The van der Waals surface area contributed by atoms with E-state index in [1.165, 1.54) is 17.3 Å². The molecule has 7 heteroatoms. The van der Waals surface area contributed by atoms with E-state index in [9.17, 15) is 4.79 Å². The lowest BCUT2D eigenvalue weighted by molar-refractivity contribution is -0.113. The van der Waals surface area contributed by atoms with Crippen molar-refractivity contribution >= 4 is 23.4 Å². The molecule has 5 rings (SSSR count). The molecule has 0 radical (unpaired) electrons. The smallest absolute Gasteiger partial charge is 0.234 e. The van der Waals surface area contributed by atoms with Gasteiger partial charge in [0, 0.05) is 23.2 Å². The standard InChI is InChI=1S/C28H25N3O3S/c1-17-12-13-21(14-18(17)2)29-24(32)16-35-28-22-15-20-10-7-11-23(33-3)25(20)34-27(22)30-26(31-28)19-8-5-4-6-9-19/h4-14H,15-16H2,1-3H3,(H,29,32). The van der Waals surface area contributed by atoms with Gasteiger partial charge in [0.15, 0.2) is 17.3 Å². The molecule has 1 aliphatic heterocycles. The topological polar surface area (TPSA) is 73.3 Å². The number of fused-ring (bicyclic) bond motifs is 2. The minimum atomic E-state index is -0.0920. The highest BCUT2D eigenvalue weighted by Crippen LogP contribution is 2.44. The second kappa shape index (κ2) is 9.80. The van der Waals surface area contributed by atoms with E-state index in [0.29, 0.717) is 29.6 Å². The molecule has 1 N–H and O–H groups in total. The van der Waals surface area contributed by atoms with Crippen molar-refractivity contribution in [2.24, 2.45) is 0 Å². The fourth-order valence-electron chi connectivity index (χ4n) is 3.93. The van der Waals surface area contributed by atoms with Gasteiger partial charge in [0.05, 0.1) is 18.4 Å². The molecule has 35 heavy (non-hydrogen) atoms. The lowest BCUT2D eigenvalue weighted by Crippen LogP contribution is -2.15. The molecule has 0 fully saturated rings. The van der Waals surface area contributed by atoms with Crippen molar-refractivity contribution in [3.8, 4) is 28.8 Å². The van der Waals surface area contributed by atoms with Gasteiger partial charge < -0.3 is 14.8 Å². The quantitative estimate of drug-likeness (QED) is 0.229. The number of aryl methyl sites for hydroxylation is 2. The zero-order valence-electron chi connectivity index (χ0n) is 19.8. The lowest BCUT2D eigenvalue weighted by atomic mass is 10.0. The summed E-state index contributed by atoms with van der Waals surface area (Å²) in [6.07, 6.45) is 0.595. The Balaban J connectivity index is 1.44. The average molecular weight is 484 g/mol. The minimum absolute atomic E-state index is 0.0920. The SMILES string of the molecule is COc1cccc2c1Oc1nc(-c3ccccc3)nc(SCC(=O)Nc3ccc(C)c(C)c3)c1C2. The van der Waals surface area contributed by atoms with E-state index in [2.05, 4.69) is 12.2 Å². The predicted octanol–water partition coefficient (Wildman–Crippen LogP) is 6.20. The van der Waals surface area contributed by atoms with Gasteiger partial charge in [-0.2, -0.15) is 4.98 Å². The molecule has 176 valence electrons. The first-order valence-electron chi connectivity index (χ1n) is 11.3. The van der Waals surface area contributed by atoms with Crippen LogP contribution < -0.4 is 14.8 Å². The zero-order valence-corrected chi connectivity index (χ0v) is 20.6. The maximum atomic E-state index is 12.8. The lowest BCUT2D eigenvalue weighted by Gasteiger charge is -2.23. The molecule has 0 aliphatic carbocycles.